The topological polar surface area (TPSA) is 53.8 Å². The molecule has 2 aromatic rings. The number of hydrogen-bond donors (Lipinski definition) is 0. The van der Waals surface area contributed by atoms with E-state index < -0.39 is 0 Å². The zero-order chi connectivity index (χ0) is 19.9. The number of carbonyl (C=O) groups is 2. The van der Waals surface area contributed by atoms with E-state index in [-0.39, 0.29) is 17.9 Å². The van der Waals surface area contributed by atoms with E-state index in [1.165, 1.54) is 0 Å². The summed E-state index contributed by atoms with van der Waals surface area (Å²) in [4.78, 5) is 29.2. The molecular formula is C23H28N2O3. The molecule has 0 bridgehead atoms. The SMILES string of the molecule is CCCN(C(=O)/C=C/c1ccc(C)o1)C1CCN(C(=O)c2ccccc2)CC1. The normalized spacial score (nSPS) is 15.1. The van der Waals surface area contributed by atoms with Gasteiger partial charge in [0.1, 0.15) is 11.5 Å². The van der Waals surface area contributed by atoms with Gasteiger partial charge in [0.2, 0.25) is 5.91 Å². The third-order valence-corrected chi connectivity index (χ3v) is 5.11. The Bertz CT molecular complexity index is 817. The molecular weight excluding hydrogens is 352 g/mol. The number of hydrogen-bond acceptors (Lipinski definition) is 3. The Morgan fingerprint density at radius 3 is 2.46 bits per heavy atom. The molecule has 1 saturated heterocycles. The lowest BCUT2D eigenvalue weighted by atomic mass is 10.0. The van der Waals surface area contributed by atoms with Gasteiger partial charge in [-0.15, -0.1) is 0 Å². The van der Waals surface area contributed by atoms with E-state index in [4.69, 9.17) is 4.42 Å². The molecule has 0 N–H and O–H groups in total. The number of rotatable bonds is 6. The highest BCUT2D eigenvalue weighted by Gasteiger charge is 2.28. The molecule has 1 fully saturated rings. The summed E-state index contributed by atoms with van der Waals surface area (Å²) < 4.78 is 5.50. The Balaban J connectivity index is 1.60. The van der Waals surface area contributed by atoms with Crippen LogP contribution in [0.1, 0.15) is 48.1 Å². The van der Waals surface area contributed by atoms with Crippen LogP contribution in [0.4, 0.5) is 0 Å². The highest BCUT2D eigenvalue weighted by molar-refractivity contribution is 5.94. The standard InChI is InChI=1S/C23H28N2O3/c1-3-15-25(22(26)12-11-21-10-9-18(2)28-21)20-13-16-24(17-14-20)23(27)19-7-5-4-6-8-19/h4-12,20H,3,13-17H2,1-2H3/b12-11+. The summed E-state index contributed by atoms with van der Waals surface area (Å²) in [5.41, 5.74) is 0.721. The van der Waals surface area contributed by atoms with E-state index >= 15 is 0 Å². The third-order valence-electron chi connectivity index (χ3n) is 5.11. The fourth-order valence-electron chi connectivity index (χ4n) is 3.65. The molecule has 2 amide bonds. The molecule has 0 atom stereocenters. The first-order valence-corrected chi connectivity index (χ1v) is 9.98. The van der Waals surface area contributed by atoms with Gasteiger partial charge in [0.25, 0.3) is 5.91 Å². The van der Waals surface area contributed by atoms with Gasteiger partial charge in [0.15, 0.2) is 0 Å². The molecule has 148 valence electrons. The van der Waals surface area contributed by atoms with Crippen LogP contribution in [0.5, 0.6) is 0 Å². The van der Waals surface area contributed by atoms with Crippen molar-refractivity contribution in [3.8, 4) is 0 Å². The van der Waals surface area contributed by atoms with Crippen LogP contribution in [0, 0.1) is 6.92 Å². The molecule has 3 rings (SSSR count). The predicted octanol–water partition coefficient (Wildman–Crippen LogP) is 4.14. The van der Waals surface area contributed by atoms with Crippen LogP contribution in [-0.4, -0.2) is 47.3 Å². The lowest BCUT2D eigenvalue weighted by Crippen LogP contribution is -2.48. The summed E-state index contributed by atoms with van der Waals surface area (Å²) >= 11 is 0. The average Bonchev–Trinajstić information content (AvgIpc) is 3.15. The van der Waals surface area contributed by atoms with Crippen LogP contribution in [0.25, 0.3) is 6.08 Å². The van der Waals surface area contributed by atoms with E-state index in [0.717, 1.165) is 37.1 Å². The summed E-state index contributed by atoms with van der Waals surface area (Å²) in [5.74, 6) is 1.59. The largest absolute Gasteiger partial charge is 0.462 e. The van der Waals surface area contributed by atoms with Gasteiger partial charge in [0, 0.05) is 37.3 Å². The molecule has 5 nitrogen and oxygen atoms in total. The van der Waals surface area contributed by atoms with Crippen molar-refractivity contribution in [2.24, 2.45) is 0 Å². The Morgan fingerprint density at radius 2 is 1.86 bits per heavy atom. The number of furan rings is 1. The maximum atomic E-state index is 12.8. The van der Waals surface area contributed by atoms with Gasteiger partial charge in [-0.05, 0) is 56.5 Å². The lowest BCUT2D eigenvalue weighted by Gasteiger charge is -2.38. The maximum Gasteiger partial charge on any atom is 0.253 e. The second kappa shape index (κ2) is 9.40. The molecule has 28 heavy (non-hydrogen) atoms. The molecule has 1 aliphatic heterocycles. The second-order valence-electron chi connectivity index (χ2n) is 7.20. The van der Waals surface area contributed by atoms with Crippen molar-refractivity contribution in [2.45, 2.75) is 39.2 Å². The van der Waals surface area contributed by atoms with Gasteiger partial charge in [-0.1, -0.05) is 25.1 Å². The first-order valence-electron chi connectivity index (χ1n) is 9.98. The molecule has 1 aliphatic rings. The zero-order valence-corrected chi connectivity index (χ0v) is 16.6. The number of aryl methyl sites for hydroxylation is 1. The molecule has 0 radical (unpaired) electrons. The van der Waals surface area contributed by atoms with Gasteiger partial charge in [-0.25, -0.2) is 0 Å². The number of benzene rings is 1. The Hall–Kier alpha value is -2.82. The van der Waals surface area contributed by atoms with E-state index in [2.05, 4.69) is 6.92 Å². The van der Waals surface area contributed by atoms with Crippen molar-refractivity contribution >= 4 is 17.9 Å². The van der Waals surface area contributed by atoms with Gasteiger partial charge in [0.05, 0.1) is 0 Å². The summed E-state index contributed by atoms with van der Waals surface area (Å²) in [7, 11) is 0. The van der Waals surface area contributed by atoms with Gasteiger partial charge >= 0.3 is 0 Å². The number of amides is 2. The molecule has 0 unspecified atom stereocenters. The van der Waals surface area contributed by atoms with Crippen molar-refractivity contribution in [1.29, 1.82) is 0 Å². The minimum atomic E-state index is 0.00346. The minimum absolute atomic E-state index is 0.00346. The average molecular weight is 380 g/mol. The van der Waals surface area contributed by atoms with Crippen LogP contribution >= 0.6 is 0 Å². The number of nitrogens with zero attached hydrogens (tertiary/aromatic N) is 2. The zero-order valence-electron chi connectivity index (χ0n) is 16.6. The molecule has 0 saturated carbocycles. The first kappa shape index (κ1) is 19.9. The van der Waals surface area contributed by atoms with Crippen LogP contribution in [-0.2, 0) is 4.79 Å². The summed E-state index contributed by atoms with van der Waals surface area (Å²) in [6.45, 7) is 6.03. The molecule has 5 heteroatoms. The smallest absolute Gasteiger partial charge is 0.253 e. The molecule has 0 aliphatic carbocycles. The van der Waals surface area contributed by atoms with E-state index in [0.29, 0.717) is 18.8 Å². The fourth-order valence-corrected chi connectivity index (χ4v) is 3.65. The lowest BCUT2D eigenvalue weighted by molar-refractivity contribution is -0.129. The van der Waals surface area contributed by atoms with Crippen LogP contribution < -0.4 is 0 Å². The predicted molar refractivity (Wildman–Crippen MR) is 110 cm³/mol. The van der Waals surface area contributed by atoms with E-state index in [9.17, 15) is 9.59 Å². The van der Waals surface area contributed by atoms with E-state index in [1.54, 1.807) is 12.2 Å². The van der Waals surface area contributed by atoms with Crippen LogP contribution in [0.3, 0.4) is 0 Å². The van der Waals surface area contributed by atoms with Gasteiger partial charge in [-0.3, -0.25) is 9.59 Å². The van der Waals surface area contributed by atoms with Crippen molar-refractivity contribution in [3.63, 3.8) is 0 Å². The monoisotopic (exact) mass is 380 g/mol. The second-order valence-corrected chi connectivity index (χ2v) is 7.20. The van der Waals surface area contributed by atoms with Crippen molar-refractivity contribution in [3.05, 3.63) is 65.6 Å². The molecule has 1 aromatic carbocycles. The van der Waals surface area contributed by atoms with Crippen molar-refractivity contribution in [1.82, 2.24) is 9.80 Å². The summed E-state index contributed by atoms with van der Waals surface area (Å²) in [6, 6.07) is 13.3. The van der Waals surface area contributed by atoms with Gasteiger partial charge in [-0.2, -0.15) is 0 Å². The van der Waals surface area contributed by atoms with E-state index in [1.807, 2.05) is 59.2 Å². The van der Waals surface area contributed by atoms with Crippen LogP contribution in [0.2, 0.25) is 0 Å². The van der Waals surface area contributed by atoms with Crippen molar-refractivity contribution in [2.75, 3.05) is 19.6 Å². The minimum Gasteiger partial charge on any atom is -0.462 e. The van der Waals surface area contributed by atoms with Gasteiger partial charge < -0.3 is 14.2 Å². The number of likely N-dealkylation sites (tertiary alicyclic amines) is 1. The Kier molecular flexibility index (Phi) is 6.69. The Labute approximate surface area is 166 Å². The van der Waals surface area contributed by atoms with Crippen LogP contribution in [0.15, 0.2) is 53.0 Å². The third kappa shape index (κ3) is 4.91. The fraction of sp³-hybridized carbons (Fsp3) is 0.391. The number of carbonyl (C=O) groups excluding carboxylic acids is 2. The van der Waals surface area contributed by atoms with Crippen molar-refractivity contribution < 1.29 is 14.0 Å². The summed E-state index contributed by atoms with van der Waals surface area (Å²) in [6.07, 6.45) is 5.83. The highest BCUT2D eigenvalue weighted by atomic mass is 16.3. The highest BCUT2D eigenvalue weighted by Crippen LogP contribution is 2.20. The number of piperidine rings is 1. The molecule has 2 heterocycles. The maximum absolute atomic E-state index is 12.8. The quantitative estimate of drug-likeness (QED) is 0.708. The first-order chi connectivity index (χ1) is 13.6. The summed E-state index contributed by atoms with van der Waals surface area (Å²) in [5, 5.41) is 0. The molecule has 0 spiro atoms. The molecule has 1 aromatic heterocycles. The Morgan fingerprint density at radius 1 is 1.14 bits per heavy atom.